The third-order valence-corrected chi connectivity index (χ3v) is 4.49. The van der Waals surface area contributed by atoms with Crippen molar-refractivity contribution >= 4 is 16.7 Å². The lowest BCUT2D eigenvalue weighted by Gasteiger charge is -2.37. The summed E-state index contributed by atoms with van der Waals surface area (Å²) in [5.41, 5.74) is 0.723. The fourth-order valence-corrected chi connectivity index (χ4v) is 2.95. The van der Waals surface area contributed by atoms with Crippen LogP contribution in [0.25, 0.3) is 10.8 Å². The van der Waals surface area contributed by atoms with E-state index >= 15 is 0 Å². The zero-order chi connectivity index (χ0) is 16.7. The maximum Gasteiger partial charge on any atom is 0.253 e. The fourth-order valence-electron chi connectivity index (χ4n) is 2.95. The van der Waals surface area contributed by atoms with E-state index in [4.69, 9.17) is 4.52 Å². The van der Waals surface area contributed by atoms with Crippen LogP contribution in [0.15, 0.2) is 47.0 Å². The van der Waals surface area contributed by atoms with Crippen LogP contribution in [0.1, 0.15) is 47.8 Å². The molecule has 2 heterocycles. The van der Waals surface area contributed by atoms with Gasteiger partial charge in [-0.2, -0.15) is 4.98 Å². The molecule has 3 aromatic rings. The molecule has 4 rings (SSSR count). The Morgan fingerprint density at radius 1 is 1.17 bits per heavy atom. The molecule has 0 atom stereocenters. The number of hydrogen-bond acceptors (Lipinski definition) is 4. The molecule has 122 valence electrons. The summed E-state index contributed by atoms with van der Waals surface area (Å²) in [5, 5.41) is 6.21. The lowest BCUT2D eigenvalue weighted by molar-refractivity contribution is 0.0569. The van der Waals surface area contributed by atoms with Crippen LogP contribution >= 0.6 is 0 Å². The van der Waals surface area contributed by atoms with Crippen LogP contribution in [-0.4, -0.2) is 34.0 Å². The van der Waals surface area contributed by atoms with Gasteiger partial charge in [-0.15, -0.1) is 0 Å². The van der Waals surface area contributed by atoms with E-state index in [1.165, 1.54) is 0 Å². The topological polar surface area (TPSA) is 59.2 Å². The molecule has 2 aromatic carbocycles. The van der Waals surface area contributed by atoms with E-state index in [0.717, 1.165) is 22.2 Å². The Labute approximate surface area is 140 Å². The van der Waals surface area contributed by atoms with Crippen molar-refractivity contribution in [2.45, 2.75) is 25.7 Å². The number of benzene rings is 2. The van der Waals surface area contributed by atoms with Crippen molar-refractivity contribution < 1.29 is 9.32 Å². The van der Waals surface area contributed by atoms with Crippen LogP contribution in [-0.2, 0) is 0 Å². The van der Waals surface area contributed by atoms with Crippen LogP contribution in [0, 0.1) is 0 Å². The SMILES string of the molecule is CC(C)c1noc(C2CN(C(=O)c3ccc4ccccc4c3)C2)n1. The molecule has 0 aliphatic carbocycles. The summed E-state index contributed by atoms with van der Waals surface area (Å²) in [6, 6.07) is 13.9. The average Bonchev–Trinajstić information content (AvgIpc) is 3.03. The standard InChI is InChI=1S/C19H19N3O2/c1-12(2)17-20-18(24-21-17)16-10-22(11-16)19(23)15-8-7-13-5-3-4-6-14(13)9-15/h3-9,12,16H,10-11H2,1-2H3. The first kappa shape index (κ1) is 14.9. The lowest BCUT2D eigenvalue weighted by Crippen LogP contribution is -2.48. The third-order valence-electron chi connectivity index (χ3n) is 4.49. The summed E-state index contributed by atoms with van der Waals surface area (Å²) in [6.45, 7) is 5.33. The Hall–Kier alpha value is -2.69. The monoisotopic (exact) mass is 321 g/mol. The quantitative estimate of drug-likeness (QED) is 0.740. The van der Waals surface area contributed by atoms with Crippen LogP contribution in [0.3, 0.4) is 0 Å². The second-order valence-electron chi connectivity index (χ2n) is 6.61. The number of fused-ring (bicyclic) bond motifs is 1. The van der Waals surface area contributed by atoms with E-state index in [1.807, 2.05) is 61.2 Å². The van der Waals surface area contributed by atoms with Gasteiger partial charge in [-0.25, -0.2) is 0 Å². The molecule has 5 heteroatoms. The molecule has 1 saturated heterocycles. The summed E-state index contributed by atoms with van der Waals surface area (Å²) in [5.74, 6) is 1.82. The molecule has 0 bridgehead atoms. The van der Waals surface area contributed by atoms with Crippen molar-refractivity contribution in [2.75, 3.05) is 13.1 Å². The van der Waals surface area contributed by atoms with E-state index in [2.05, 4.69) is 10.1 Å². The van der Waals surface area contributed by atoms with Gasteiger partial charge in [0.2, 0.25) is 5.89 Å². The van der Waals surface area contributed by atoms with Crippen molar-refractivity contribution in [3.05, 3.63) is 59.7 Å². The van der Waals surface area contributed by atoms with Crippen LogP contribution < -0.4 is 0 Å². The second-order valence-corrected chi connectivity index (χ2v) is 6.61. The molecule has 24 heavy (non-hydrogen) atoms. The number of carbonyl (C=O) groups excluding carboxylic acids is 1. The largest absolute Gasteiger partial charge is 0.339 e. The van der Waals surface area contributed by atoms with E-state index < -0.39 is 0 Å². The number of carbonyl (C=O) groups is 1. The first-order valence-corrected chi connectivity index (χ1v) is 8.23. The van der Waals surface area contributed by atoms with Crippen molar-refractivity contribution in [3.8, 4) is 0 Å². The molecule has 0 unspecified atom stereocenters. The zero-order valence-corrected chi connectivity index (χ0v) is 13.8. The Bertz CT molecular complexity index is 894. The van der Waals surface area contributed by atoms with E-state index in [1.54, 1.807) is 0 Å². The normalized spacial score (nSPS) is 15.0. The molecule has 0 saturated carbocycles. The molecule has 1 amide bonds. The van der Waals surface area contributed by atoms with Gasteiger partial charge < -0.3 is 9.42 Å². The van der Waals surface area contributed by atoms with E-state index in [-0.39, 0.29) is 17.7 Å². The molecule has 0 radical (unpaired) electrons. The maximum absolute atomic E-state index is 12.6. The van der Waals surface area contributed by atoms with Gasteiger partial charge in [-0.05, 0) is 22.9 Å². The Morgan fingerprint density at radius 3 is 2.62 bits per heavy atom. The predicted molar refractivity (Wildman–Crippen MR) is 91.0 cm³/mol. The molecule has 1 aliphatic heterocycles. The van der Waals surface area contributed by atoms with Crippen molar-refractivity contribution in [1.82, 2.24) is 15.0 Å². The highest BCUT2D eigenvalue weighted by molar-refractivity contribution is 5.99. The van der Waals surface area contributed by atoms with Crippen molar-refractivity contribution in [1.29, 1.82) is 0 Å². The number of amides is 1. The number of rotatable bonds is 3. The number of nitrogens with zero attached hydrogens (tertiary/aromatic N) is 3. The van der Waals surface area contributed by atoms with Gasteiger partial charge in [-0.1, -0.05) is 49.3 Å². The highest BCUT2D eigenvalue weighted by Crippen LogP contribution is 2.28. The summed E-state index contributed by atoms with van der Waals surface area (Å²) in [6.07, 6.45) is 0. The van der Waals surface area contributed by atoms with Crippen molar-refractivity contribution in [2.24, 2.45) is 0 Å². The van der Waals surface area contributed by atoms with E-state index in [9.17, 15) is 4.79 Å². The fraction of sp³-hybridized carbons (Fsp3) is 0.316. The van der Waals surface area contributed by atoms with Gasteiger partial charge in [0, 0.05) is 24.6 Å². The molecular weight excluding hydrogens is 302 g/mol. The van der Waals surface area contributed by atoms with Crippen LogP contribution in [0.4, 0.5) is 0 Å². The summed E-state index contributed by atoms with van der Waals surface area (Å²) >= 11 is 0. The van der Waals surface area contributed by atoms with Gasteiger partial charge in [0.25, 0.3) is 5.91 Å². The van der Waals surface area contributed by atoms with Crippen LogP contribution in [0.2, 0.25) is 0 Å². The molecule has 0 N–H and O–H groups in total. The minimum Gasteiger partial charge on any atom is -0.339 e. The Morgan fingerprint density at radius 2 is 1.92 bits per heavy atom. The summed E-state index contributed by atoms with van der Waals surface area (Å²) in [7, 11) is 0. The third kappa shape index (κ3) is 2.56. The van der Waals surface area contributed by atoms with Gasteiger partial charge in [-0.3, -0.25) is 4.79 Å². The van der Waals surface area contributed by atoms with Crippen LogP contribution in [0.5, 0.6) is 0 Å². The molecular formula is C19H19N3O2. The van der Waals surface area contributed by atoms with E-state index in [0.29, 0.717) is 19.0 Å². The number of likely N-dealkylation sites (tertiary alicyclic amines) is 1. The molecule has 1 fully saturated rings. The average molecular weight is 321 g/mol. The maximum atomic E-state index is 12.6. The molecule has 1 aliphatic rings. The van der Waals surface area contributed by atoms with Gasteiger partial charge in [0.1, 0.15) is 0 Å². The number of hydrogen-bond donors (Lipinski definition) is 0. The van der Waals surface area contributed by atoms with Gasteiger partial charge in [0.15, 0.2) is 5.82 Å². The van der Waals surface area contributed by atoms with Gasteiger partial charge in [0.05, 0.1) is 5.92 Å². The van der Waals surface area contributed by atoms with Gasteiger partial charge >= 0.3 is 0 Å². The minimum absolute atomic E-state index is 0.0561. The summed E-state index contributed by atoms with van der Waals surface area (Å²) in [4.78, 5) is 18.9. The van der Waals surface area contributed by atoms with Crippen molar-refractivity contribution in [3.63, 3.8) is 0 Å². The smallest absolute Gasteiger partial charge is 0.253 e. The Balaban J connectivity index is 1.46. The highest BCUT2D eigenvalue weighted by atomic mass is 16.5. The lowest BCUT2D eigenvalue weighted by atomic mass is 9.98. The molecule has 0 spiro atoms. The predicted octanol–water partition coefficient (Wildman–Crippen LogP) is 3.59. The molecule has 5 nitrogen and oxygen atoms in total. The number of aromatic nitrogens is 2. The molecule has 1 aromatic heterocycles. The first-order valence-electron chi connectivity index (χ1n) is 8.23. The zero-order valence-electron chi connectivity index (χ0n) is 13.8. The second kappa shape index (κ2) is 5.74. The highest BCUT2D eigenvalue weighted by Gasteiger charge is 2.36. The Kier molecular flexibility index (Phi) is 3.56. The minimum atomic E-state index is 0.0561. The summed E-state index contributed by atoms with van der Waals surface area (Å²) < 4.78 is 5.32. The first-order chi connectivity index (χ1) is 11.6.